The maximum Gasteiger partial charge on any atom is 0.242 e. The van der Waals surface area contributed by atoms with Gasteiger partial charge in [0.05, 0.1) is 19.1 Å². The molecule has 2 amide bonds. The van der Waals surface area contributed by atoms with Crippen LogP contribution in [0.1, 0.15) is 51.5 Å². The first-order chi connectivity index (χ1) is 17.7. The highest BCUT2D eigenvalue weighted by Crippen LogP contribution is 2.29. The van der Waals surface area contributed by atoms with Crippen LogP contribution < -0.4 is 14.4 Å². The highest BCUT2D eigenvalue weighted by Gasteiger charge is 2.28. The maximum atomic E-state index is 13.4. The van der Waals surface area contributed by atoms with Gasteiger partial charge in [0.25, 0.3) is 0 Å². The van der Waals surface area contributed by atoms with Crippen molar-refractivity contribution in [1.29, 1.82) is 0 Å². The summed E-state index contributed by atoms with van der Waals surface area (Å²) in [7, 11) is -2.11. The normalized spacial score (nSPS) is 12.0. The Balaban J connectivity index is 2.16. The topological polar surface area (TPSA) is 96.0 Å². The molecule has 1 atom stereocenters. The van der Waals surface area contributed by atoms with Crippen molar-refractivity contribution in [3.63, 3.8) is 0 Å². The molecular formula is C28H41N3O5S. The molecule has 0 aromatic heterocycles. The first-order valence-corrected chi connectivity index (χ1v) is 14.8. The molecule has 2 rings (SSSR count). The zero-order valence-electron chi connectivity index (χ0n) is 22.5. The Kier molecular flexibility index (Phi) is 12.4. The highest BCUT2D eigenvalue weighted by atomic mass is 32.2. The smallest absolute Gasteiger partial charge is 0.242 e. The number of unbranched alkanes of at least 4 members (excludes halogenated alkanes) is 1. The largest absolute Gasteiger partial charge is 0.495 e. The minimum Gasteiger partial charge on any atom is -0.495 e. The monoisotopic (exact) mass is 531 g/mol. The first-order valence-electron chi connectivity index (χ1n) is 12.9. The van der Waals surface area contributed by atoms with E-state index >= 15 is 0 Å². The van der Waals surface area contributed by atoms with Crippen LogP contribution >= 0.6 is 0 Å². The quantitative estimate of drug-likeness (QED) is 0.330. The minimum absolute atomic E-state index is 0.120. The van der Waals surface area contributed by atoms with E-state index in [2.05, 4.69) is 12.2 Å². The third-order valence-corrected chi connectivity index (χ3v) is 7.39. The Morgan fingerprint density at radius 3 is 2.27 bits per heavy atom. The Hall–Kier alpha value is -3.07. The molecule has 0 aliphatic carbocycles. The molecule has 37 heavy (non-hydrogen) atoms. The minimum atomic E-state index is -3.60. The lowest BCUT2D eigenvalue weighted by atomic mass is 10.1. The van der Waals surface area contributed by atoms with Gasteiger partial charge < -0.3 is 15.0 Å². The Morgan fingerprint density at radius 1 is 0.973 bits per heavy atom. The predicted molar refractivity (Wildman–Crippen MR) is 148 cm³/mol. The third-order valence-electron chi connectivity index (χ3n) is 6.21. The summed E-state index contributed by atoms with van der Waals surface area (Å²) in [5, 5.41) is 2.96. The van der Waals surface area contributed by atoms with Crippen molar-refractivity contribution >= 4 is 27.5 Å². The molecule has 0 fully saturated rings. The number of para-hydroxylation sites is 2. The van der Waals surface area contributed by atoms with E-state index in [1.54, 1.807) is 29.2 Å². The number of carbonyl (C=O) groups is 2. The molecule has 2 aromatic carbocycles. The third kappa shape index (κ3) is 9.39. The fourth-order valence-corrected chi connectivity index (χ4v) is 5.19. The number of hydrogen-bond acceptors (Lipinski definition) is 5. The van der Waals surface area contributed by atoms with E-state index < -0.39 is 16.1 Å². The second kappa shape index (κ2) is 15.2. The molecule has 0 saturated carbocycles. The molecule has 9 heteroatoms. The Labute approximate surface area is 222 Å². The molecule has 0 saturated heterocycles. The van der Waals surface area contributed by atoms with Gasteiger partial charge in [-0.15, -0.1) is 0 Å². The number of benzene rings is 2. The summed E-state index contributed by atoms with van der Waals surface area (Å²) in [6.45, 7) is 5.07. The van der Waals surface area contributed by atoms with Crippen molar-refractivity contribution in [2.75, 3.05) is 37.3 Å². The number of nitrogens with one attached hydrogen (secondary N) is 1. The van der Waals surface area contributed by atoms with Crippen LogP contribution in [0.15, 0.2) is 54.6 Å². The number of rotatable bonds is 16. The van der Waals surface area contributed by atoms with Gasteiger partial charge in [0, 0.05) is 26.1 Å². The summed E-state index contributed by atoms with van der Waals surface area (Å²) in [4.78, 5) is 28.1. The van der Waals surface area contributed by atoms with Crippen molar-refractivity contribution in [1.82, 2.24) is 10.2 Å². The molecule has 0 aliphatic heterocycles. The van der Waals surface area contributed by atoms with E-state index in [9.17, 15) is 18.0 Å². The molecular weight excluding hydrogens is 490 g/mol. The Bertz CT molecular complexity index is 1090. The first kappa shape index (κ1) is 30.2. The fraction of sp³-hybridized carbons (Fsp3) is 0.500. The van der Waals surface area contributed by atoms with Crippen LogP contribution in [0.5, 0.6) is 5.75 Å². The van der Waals surface area contributed by atoms with Crippen LogP contribution in [0.25, 0.3) is 0 Å². The van der Waals surface area contributed by atoms with Gasteiger partial charge in [0.1, 0.15) is 11.8 Å². The van der Waals surface area contributed by atoms with Gasteiger partial charge in [-0.2, -0.15) is 0 Å². The van der Waals surface area contributed by atoms with Gasteiger partial charge in [-0.3, -0.25) is 13.9 Å². The van der Waals surface area contributed by atoms with Crippen molar-refractivity contribution < 1.29 is 22.7 Å². The number of ether oxygens (including phenoxy) is 1. The summed E-state index contributed by atoms with van der Waals surface area (Å²) in [5.74, 6) is 0.129. The van der Waals surface area contributed by atoms with Crippen molar-refractivity contribution in [2.45, 2.75) is 58.4 Å². The van der Waals surface area contributed by atoms with Crippen LogP contribution in [-0.4, -0.2) is 64.2 Å². The van der Waals surface area contributed by atoms with Gasteiger partial charge in [0.2, 0.25) is 21.8 Å². The number of anilines is 1. The highest BCUT2D eigenvalue weighted by molar-refractivity contribution is 7.92. The van der Waals surface area contributed by atoms with E-state index in [0.717, 1.165) is 24.7 Å². The second-order valence-electron chi connectivity index (χ2n) is 9.00. The summed E-state index contributed by atoms with van der Waals surface area (Å²) in [6, 6.07) is 16.2. The number of carbonyl (C=O) groups excluding carboxylic acids is 2. The van der Waals surface area contributed by atoms with Crippen LogP contribution in [0.2, 0.25) is 0 Å². The van der Waals surface area contributed by atoms with E-state index in [1.807, 2.05) is 37.3 Å². The molecule has 0 heterocycles. The van der Waals surface area contributed by atoms with Gasteiger partial charge >= 0.3 is 0 Å². The molecule has 8 nitrogen and oxygen atoms in total. The second-order valence-corrected chi connectivity index (χ2v) is 10.9. The molecule has 204 valence electrons. The number of sulfonamides is 1. The zero-order valence-corrected chi connectivity index (χ0v) is 23.3. The standard InChI is InChI=1S/C28H41N3O5S/c1-5-7-20-29-28(33)24(6-2)30(22-19-23-14-9-8-10-15-23)27(32)18-13-21-31(37(4,34)35)25-16-11-12-17-26(25)36-3/h8-12,14-17,24H,5-7,13,18-22H2,1-4H3,(H,29,33)/t24-/m0/s1. The molecule has 0 unspecified atom stereocenters. The predicted octanol–water partition coefficient (Wildman–Crippen LogP) is 4.01. The molecule has 0 aliphatic rings. The van der Waals surface area contributed by atoms with E-state index in [-0.39, 0.29) is 24.8 Å². The summed E-state index contributed by atoms with van der Waals surface area (Å²) in [5.41, 5.74) is 1.52. The molecule has 1 N–H and O–H groups in total. The number of nitrogens with zero attached hydrogens (tertiary/aromatic N) is 2. The number of methoxy groups -OCH3 is 1. The average molecular weight is 532 g/mol. The van der Waals surface area contributed by atoms with E-state index in [4.69, 9.17) is 4.74 Å². The number of amides is 2. The zero-order chi connectivity index (χ0) is 27.3. The van der Waals surface area contributed by atoms with Crippen LogP contribution in [0.3, 0.4) is 0 Å². The van der Waals surface area contributed by atoms with Crippen LogP contribution in [-0.2, 0) is 26.0 Å². The Morgan fingerprint density at radius 2 is 1.65 bits per heavy atom. The molecule has 0 radical (unpaired) electrons. The van der Waals surface area contributed by atoms with Gasteiger partial charge in [-0.25, -0.2) is 8.42 Å². The van der Waals surface area contributed by atoms with E-state index in [1.165, 1.54) is 11.4 Å². The molecule has 0 spiro atoms. The van der Waals surface area contributed by atoms with Crippen molar-refractivity contribution in [2.24, 2.45) is 0 Å². The maximum absolute atomic E-state index is 13.4. The van der Waals surface area contributed by atoms with Gasteiger partial charge in [0.15, 0.2) is 0 Å². The van der Waals surface area contributed by atoms with Gasteiger partial charge in [-0.1, -0.05) is 62.7 Å². The van der Waals surface area contributed by atoms with Crippen LogP contribution in [0, 0.1) is 0 Å². The fourth-order valence-electron chi connectivity index (χ4n) is 4.22. The van der Waals surface area contributed by atoms with Crippen LogP contribution in [0.4, 0.5) is 5.69 Å². The van der Waals surface area contributed by atoms with E-state index in [0.29, 0.717) is 43.8 Å². The SMILES string of the molecule is CCCCNC(=O)[C@H](CC)N(CCc1ccccc1)C(=O)CCCN(c1ccccc1OC)S(C)(=O)=O. The lowest BCUT2D eigenvalue weighted by molar-refractivity contribution is -0.140. The lowest BCUT2D eigenvalue weighted by Gasteiger charge is -2.31. The summed E-state index contributed by atoms with van der Waals surface area (Å²) in [6.07, 6.45) is 4.54. The molecule has 2 aromatic rings. The van der Waals surface area contributed by atoms with Crippen molar-refractivity contribution in [3.8, 4) is 5.75 Å². The van der Waals surface area contributed by atoms with Crippen molar-refractivity contribution in [3.05, 3.63) is 60.2 Å². The summed E-state index contributed by atoms with van der Waals surface area (Å²) >= 11 is 0. The molecule has 0 bridgehead atoms. The van der Waals surface area contributed by atoms with Gasteiger partial charge in [-0.05, 0) is 43.4 Å². The number of hydrogen-bond donors (Lipinski definition) is 1. The lowest BCUT2D eigenvalue weighted by Crippen LogP contribution is -2.50. The summed E-state index contributed by atoms with van der Waals surface area (Å²) < 4.78 is 31.7. The average Bonchev–Trinajstić information content (AvgIpc) is 2.88.